The zero-order chi connectivity index (χ0) is 20.7. The number of benzene rings is 2. The molecule has 2 aromatic carbocycles. The Morgan fingerprint density at radius 3 is 2.70 bits per heavy atom. The number of nitrogens with zero attached hydrogens (tertiary/aromatic N) is 3. The minimum absolute atomic E-state index is 0.0773. The molecule has 0 bridgehead atoms. The third-order valence-corrected chi connectivity index (χ3v) is 6.36. The van der Waals surface area contributed by atoms with Crippen LogP contribution in [-0.2, 0) is 9.53 Å². The van der Waals surface area contributed by atoms with Gasteiger partial charge in [-0.2, -0.15) is 0 Å². The molecular formula is C22H20N4O3S. The smallest absolute Gasteiger partial charge is 0.259 e. The minimum Gasteiger partial charge on any atom is -0.378 e. The van der Waals surface area contributed by atoms with Gasteiger partial charge in [0, 0.05) is 35.6 Å². The Bertz CT molecular complexity index is 1130. The first-order valence-electron chi connectivity index (χ1n) is 9.73. The zero-order valence-electron chi connectivity index (χ0n) is 16.3. The zero-order valence-corrected chi connectivity index (χ0v) is 17.1. The van der Waals surface area contributed by atoms with Crippen molar-refractivity contribution in [3.8, 4) is 0 Å². The number of aromatic nitrogens is 1. The number of amides is 2. The van der Waals surface area contributed by atoms with Crippen molar-refractivity contribution in [2.75, 3.05) is 43.1 Å². The largest absolute Gasteiger partial charge is 0.378 e. The number of anilines is 2. The van der Waals surface area contributed by atoms with Gasteiger partial charge >= 0.3 is 0 Å². The maximum atomic E-state index is 12.6. The molecule has 3 heterocycles. The Hall–Kier alpha value is -3.23. The molecule has 30 heavy (non-hydrogen) atoms. The SMILES string of the molecule is C=C1c2ccccc2C(=O)N1CC(=O)Nc1ccc2nc(N3CCOCC3)sc2c1. The highest BCUT2D eigenvalue weighted by Gasteiger charge is 2.31. The molecule has 5 rings (SSSR count). The van der Waals surface area contributed by atoms with Crippen molar-refractivity contribution in [1.82, 2.24) is 9.88 Å². The summed E-state index contributed by atoms with van der Waals surface area (Å²) in [5, 5.41) is 3.86. The van der Waals surface area contributed by atoms with Crippen molar-refractivity contribution in [3.63, 3.8) is 0 Å². The van der Waals surface area contributed by atoms with Crippen molar-refractivity contribution < 1.29 is 14.3 Å². The summed E-state index contributed by atoms with van der Waals surface area (Å²) in [6.45, 7) is 6.99. The Morgan fingerprint density at radius 1 is 1.17 bits per heavy atom. The second kappa shape index (κ2) is 7.55. The molecule has 1 aromatic heterocycles. The molecule has 1 saturated heterocycles. The van der Waals surface area contributed by atoms with Crippen molar-refractivity contribution in [2.24, 2.45) is 0 Å². The second-order valence-electron chi connectivity index (χ2n) is 7.21. The van der Waals surface area contributed by atoms with Gasteiger partial charge in [0.1, 0.15) is 6.54 Å². The van der Waals surface area contributed by atoms with Crippen molar-refractivity contribution in [3.05, 3.63) is 60.2 Å². The molecule has 0 unspecified atom stereocenters. The Kier molecular flexibility index (Phi) is 4.72. The highest BCUT2D eigenvalue weighted by Crippen LogP contribution is 2.32. The van der Waals surface area contributed by atoms with E-state index in [1.807, 2.05) is 36.4 Å². The van der Waals surface area contributed by atoms with Gasteiger partial charge < -0.3 is 15.0 Å². The third-order valence-electron chi connectivity index (χ3n) is 5.28. The third kappa shape index (κ3) is 3.34. The van der Waals surface area contributed by atoms with Crippen LogP contribution in [-0.4, -0.2) is 54.5 Å². The lowest BCUT2D eigenvalue weighted by Crippen LogP contribution is -2.36. The van der Waals surface area contributed by atoms with E-state index >= 15 is 0 Å². The quantitative estimate of drug-likeness (QED) is 0.702. The molecular weight excluding hydrogens is 400 g/mol. The molecule has 1 N–H and O–H groups in total. The number of rotatable bonds is 4. The predicted octanol–water partition coefficient (Wildman–Crippen LogP) is 3.20. The van der Waals surface area contributed by atoms with Gasteiger partial charge in [-0.05, 0) is 24.3 Å². The summed E-state index contributed by atoms with van der Waals surface area (Å²) in [4.78, 5) is 33.5. The number of carbonyl (C=O) groups is 2. The molecule has 2 aliphatic rings. The van der Waals surface area contributed by atoms with Crippen LogP contribution in [0.4, 0.5) is 10.8 Å². The topological polar surface area (TPSA) is 74.8 Å². The van der Waals surface area contributed by atoms with Crippen molar-refractivity contribution in [2.45, 2.75) is 0 Å². The number of ether oxygens (including phenoxy) is 1. The summed E-state index contributed by atoms with van der Waals surface area (Å²) < 4.78 is 6.41. The number of thiazole rings is 1. The average Bonchev–Trinajstić information content (AvgIpc) is 3.29. The first-order chi connectivity index (χ1) is 14.6. The fourth-order valence-corrected chi connectivity index (χ4v) is 4.78. The van der Waals surface area contributed by atoms with Gasteiger partial charge in [-0.1, -0.05) is 36.1 Å². The monoisotopic (exact) mass is 420 g/mol. The van der Waals surface area contributed by atoms with E-state index in [1.165, 1.54) is 4.90 Å². The first kappa shape index (κ1) is 18.8. The highest BCUT2D eigenvalue weighted by atomic mass is 32.1. The van der Waals surface area contributed by atoms with Crippen LogP contribution < -0.4 is 10.2 Å². The van der Waals surface area contributed by atoms with Crippen LogP contribution in [0, 0.1) is 0 Å². The summed E-state index contributed by atoms with van der Waals surface area (Å²) in [5.74, 6) is -0.464. The number of hydrogen-bond donors (Lipinski definition) is 1. The predicted molar refractivity (Wildman–Crippen MR) is 118 cm³/mol. The number of carbonyl (C=O) groups excluding carboxylic acids is 2. The molecule has 0 aliphatic carbocycles. The molecule has 0 saturated carbocycles. The van der Waals surface area contributed by atoms with Crippen molar-refractivity contribution >= 4 is 49.9 Å². The summed E-state index contributed by atoms with van der Waals surface area (Å²) in [6.07, 6.45) is 0. The lowest BCUT2D eigenvalue weighted by atomic mass is 10.1. The van der Waals surface area contributed by atoms with Gasteiger partial charge in [0.05, 0.1) is 23.4 Å². The van der Waals surface area contributed by atoms with E-state index in [-0.39, 0.29) is 18.4 Å². The molecule has 2 aliphatic heterocycles. The summed E-state index contributed by atoms with van der Waals surface area (Å²) >= 11 is 1.60. The maximum Gasteiger partial charge on any atom is 0.259 e. The Labute approximate surface area is 177 Å². The van der Waals surface area contributed by atoms with Crippen LogP contribution in [0.3, 0.4) is 0 Å². The molecule has 8 heteroatoms. The average molecular weight is 420 g/mol. The van der Waals surface area contributed by atoms with Gasteiger partial charge in [0.25, 0.3) is 5.91 Å². The lowest BCUT2D eigenvalue weighted by Gasteiger charge is -2.25. The fraction of sp³-hybridized carbons (Fsp3) is 0.227. The normalized spacial score (nSPS) is 16.3. The van der Waals surface area contributed by atoms with Crippen LogP contribution in [0.2, 0.25) is 0 Å². The van der Waals surface area contributed by atoms with E-state index in [9.17, 15) is 9.59 Å². The first-order valence-corrected chi connectivity index (χ1v) is 10.5. The highest BCUT2D eigenvalue weighted by molar-refractivity contribution is 7.22. The molecule has 3 aromatic rings. The van der Waals surface area contributed by atoms with Gasteiger partial charge in [0.15, 0.2) is 5.13 Å². The van der Waals surface area contributed by atoms with Crippen LogP contribution >= 0.6 is 11.3 Å². The molecule has 7 nitrogen and oxygen atoms in total. The Balaban J connectivity index is 1.29. The number of nitrogens with one attached hydrogen (secondary N) is 1. The van der Waals surface area contributed by atoms with Crippen LogP contribution in [0.5, 0.6) is 0 Å². The number of hydrogen-bond acceptors (Lipinski definition) is 6. The van der Waals surface area contributed by atoms with E-state index in [2.05, 4.69) is 16.8 Å². The van der Waals surface area contributed by atoms with E-state index < -0.39 is 0 Å². The molecule has 0 radical (unpaired) electrons. The fourth-order valence-electron chi connectivity index (χ4n) is 3.73. The summed E-state index contributed by atoms with van der Waals surface area (Å²) in [6, 6.07) is 12.9. The Morgan fingerprint density at radius 2 is 1.93 bits per heavy atom. The second-order valence-corrected chi connectivity index (χ2v) is 8.22. The minimum atomic E-state index is -0.269. The number of morpholine rings is 1. The van der Waals surface area contributed by atoms with E-state index in [0.29, 0.717) is 30.2 Å². The summed E-state index contributed by atoms with van der Waals surface area (Å²) in [7, 11) is 0. The van der Waals surface area contributed by atoms with Crippen LogP contribution in [0.1, 0.15) is 15.9 Å². The molecule has 1 fully saturated rings. The van der Waals surface area contributed by atoms with E-state index in [4.69, 9.17) is 9.72 Å². The van der Waals surface area contributed by atoms with Crippen LogP contribution in [0.15, 0.2) is 49.0 Å². The maximum absolute atomic E-state index is 12.6. The van der Waals surface area contributed by atoms with E-state index in [1.54, 1.807) is 17.4 Å². The van der Waals surface area contributed by atoms with Crippen LogP contribution in [0.25, 0.3) is 15.9 Å². The van der Waals surface area contributed by atoms with Gasteiger partial charge in [-0.25, -0.2) is 4.98 Å². The van der Waals surface area contributed by atoms with Gasteiger partial charge in [-0.15, -0.1) is 0 Å². The van der Waals surface area contributed by atoms with Gasteiger partial charge in [0.2, 0.25) is 5.91 Å². The molecule has 0 atom stereocenters. The number of fused-ring (bicyclic) bond motifs is 2. The molecule has 2 amide bonds. The molecule has 152 valence electrons. The van der Waals surface area contributed by atoms with E-state index in [0.717, 1.165) is 34.0 Å². The molecule has 0 spiro atoms. The standard InChI is InChI=1S/C22H20N4O3S/c1-14-16-4-2-3-5-17(16)21(28)26(14)13-20(27)23-15-6-7-18-19(12-15)30-22(24-18)25-8-10-29-11-9-25/h2-7,12H,1,8-11,13H2,(H,23,27). The van der Waals surface area contributed by atoms with Crippen molar-refractivity contribution in [1.29, 1.82) is 0 Å². The lowest BCUT2D eigenvalue weighted by molar-refractivity contribution is -0.116. The van der Waals surface area contributed by atoms with Gasteiger partial charge in [-0.3, -0.25) is 14.5 Å². The summed E-state index contributed by atoms with van der Waals surface area (Å²) in [5.41, 5.74) is 3.49.